The number of pyridine rings is 1. The van der Waals surface area contributed by atoms with Crippen LogP contribution in [0.2, 0.25) is 0 Å². The topological polar surface area (TPSA) is 41.3 Å². The monoisotopic (exact) mass is 273 g/mol. The largest absolute Gasteiger partial charge is 0.469 e. The third kappa shape index (κ3) is 3.61. The fourth-order valence-corrected chi connectivity index (χ4v) is 2.20. The summed E-state index contributed by atoms with van der Waals surface area (Å²) in [5.41, 5.74) is 3.51. The summed E-state index contributed by atoms with van der Waals surface area (Å²) in [4.78, 5) is 6.77. The summed E-state index contributed by atoms with van der Waals surface area (Å²) in [6.45, 7) is 8.80. The number of hydrogen-bond acceptors (Lipinski definition) is 4. The van der Waals surface area contributed by atoms with Crippen molar-refractivity contribution in [2.45, 2.75) is 33.9 Å². The van der Waals surface area contributed by atoms with Gasteiger partial charge in [-0.25, -0.2) is 4.98 Å². The molecule has 2 heterocycles. The Morgan fingerprint density at radius 2 is 2.10 bits per heavy atom. The molecular formula is C16H23N3O. The van der Waals surface area contributed by atoms with Crippen LogP contribution in [0.1, 0.15) is 29.5 Å². The van der Waals surface area contributed by atoms with Gasteiger partial charge in [0.05, 0.1) is 6.26 Å². The second-order valence-corrected chi connectivity index (χ2v) is 5.11. The number of hydrogen-bond donors (Lipinski definition) is 1. The van der Waals surface area contributed by atoms with Crippen LogP contribution in [0.3, 0.4) is 0 Å². The molecule has 0 unspecified atom stereocenters. The average molecular weight is 273 g/mol. The Kier molecular flexibility index (Phi) is 4.79. The van der Waals surface area contributed by atoms with Gasteiger partial charge in [0.25, 0.3) is 0 Å². The van der Waals surface area contributed by atoms with E-state index in [9.17, 15) is 0 Å². The fraction of sp³-hybridized carbons (Fsp3) is 0.438. The van der Waals surface area contributed by atoms with Crippen molar-refractivity contribution in [3.63, 3.8) is 0 Å². The number of nitrogens with zero attached hydrogens (tertiary/aromatic N) is 2. The highest BCUT2D eigenvalue weighted by molar-refractivity contribution is 5.43. The predicted molar refractivity (Wildman–Crippen MR) is 81.9 cm³/mol. The van der Waals surface area contributed by atoms with Crippen molar-refractivity contribution in [3.05, 3.63) is 47.0 Å². The highest BCUT2D eigenvalue weighted by Gasteiger charge is 2.09. The van der Waals surface area contributed by atoms with E-state index in [1.807, 2.05) is 19.9 Å². The van der Waals surface area contributed by atoms with Crippen LogP contribution in [0.5, 0.6) is 0 Å². The summed E-state index contributed by atoms with van der Waals surface area (Å²) in [7, 11) is 2.06. The second kappa shape index (κ2) is 6.57. The summed E-state index contributed by atoms with van der Waals surface area (Å²) in [5, 5.41) is 3.35. The van der Waals surface area contributed by atoms with Gasteiger partial charge in [0.15, 0.2) is 0 Å². The van der Waals surface area contributed by atoms with Gasteiger partial charge < -0.3 is 14.6 Å². The first-order chi connectivity index (χ1) is 9.60. The van der Waals surface area contributed by atoms with E-state index in [1.54, 1.807) is 6.26 Å². The van der Waals surface area contributed by atoms with E-state index in [2.05, 4.69) is 41.3 Å². The second-order valence-electron chi connectivity index (χ2n) is 5.11. The molecule has 2 aromatic rings. The molecule has 20 heavy (non-hydrogen) atoms. The first-order valence-corrected chi connectivity index (χ1v) is 7.02. The van der Waals surface area contributed by atoms with Crippen molar-refractivity contribution < 1.29 is 4.42 Å². The molecule has 0 saturated carbocycles. The molecule has 0 amide bonds. The van der Waals surface area contributed by atoms with Crippen LogP contribution in [-0.2, 0) is 13.1 Å². The summed E-state index contributed by atoms with van der Waals surface area (Å²) in [6.07, 6.45) is 1.73. The zero-order chi connectivity index (χ0) is 14.5. The first kappa shape index (κ1) is 14.6. The summed E-state index contributed by atoms with van der Waals surface area (Å²) >= 11 is 0. The van der Waals surface area contributed by atoms with Crippen LogP contribution in [-0.4, -0.2) is 18.6 Å². The van der Waals surface area contributed by atoms with Gasteiger partial charge in [0, 0.05) is 31.4 Å². The van der Waals surface area contributed by atoms with Crippen molar-refractivity contribution >= 4 is 5.82 Å². The minimum absolute atomic E-state index is 0.805. The summed E-state index contributed by atoms with van der Waals surface area (Å²) in [6, 6.07) is 6.29. The van der Waals surface area contributed by atoms with Crippen molar-refractivity contribution in [2.24, 2.45) is 0 Å². The highest BCUT2D eigenvalue weighted by atomic mass is 16.3. The Balaban J connectivity index is 2.14. The van der Waals surface area contributed by atoms with Gasteiger partial charge in [-0.2, -0.15) is 0 Å². The van der Waals surface area contributed by atoms with Gasteiger partial charge >= 0.3 is 0 Å². The maximum atomic E-state index is 5.34. The standard InChI is InChI=1S/C16H23N3O/c1-5-17-10-14-8-12(2)18-16(9-14)19(4)11-15-6-7-20-13(15)3/h6-9,17H,5,10-11H2,1-4H3. The Labute approximate surface area is 120 Å². The van der Waals surface area contributed by atoms with E-state index in [1.165, 1.54) is 11.1 Å². The molecule has 0 radical (unpaired) electrons. The van der Waals surface area contributed by atoms with Crippen LogP contribution in [0, 0.1) is 13.8 Å². The molecule has 0 aliphatic heterocycles. The smallest absolute Gasteiger partial charge is 0.129 e. The average Bonchev–Trinajstić information content (AvgIpc) is 2.81. The lowest BCUT2D eigenvalue weighted by Crippen LogP contribution is -2.19. The normalized spacial score (nSPS) is 10.8. The Morgan fingerprint density at radius 1 is 1.30 bits per heavy atom. The Hall–Kier alpha value is -1.81. The van der Waals surface area contributed by atoms with Crippen LogP contribution in [0.15, 0.2) is 28.9 Å². The van der Waals surface area contributed by atoms with E-state index in [-0.39, 0.29) is 0 Å². The molecule has 1 N–H and O–H groups in total. The fourth-order valence-electron chi connectivity index (χ4n) is 2.20. The molecule has 4 heteroatoms. The van der Waals surface area contributed by atoms with Crippen molar-refractivity contribution in [3.8, 4) is 0 Å². The van der Waals surface area contributed by atoms with E-state index < -0.39 is 0 Å². The van der Waals surface area contributed by atoms with Crippen molar-refractivity contribution in [1.29, 1.82) is 0 Å². The third-order valence-corrected chi connectivity index (χ3v) is 3.34. The lowest BCUT2D eigenvalue weighted by molar-refractivity contribution is 0.529. The van der Waals surface area contributed by atoms with Crippen molar-refractivity contribution in [2.75, 3.05) is 18.5 Å². The van der Waals surface area contributed by atoms with Gasteiger partial charge in [-0.15, -0.1) is 0 Å². The molecule has 0 aliphatic carbocycles. The van der Waals surface area contributed by atoms with Gasteiger partial charge in [-0.05, 0) is 44.2 Å². The predicted octanol–water partition coefficient (Wildman–Crippen LogP) is 3.04. The lowest BCUT2D eigenvalue weighted by Gasteiger charge is -2.19. The molecule has 0 saturated heterocycles. The number of aryl methyl sites for hydroxylation is 2. The zero-order valence-electron chi connectivity index (χ0n) is 12.7. The van der Waals surface area contributed by atoms with Gasteiger partial charge in [-0.1, -0.05) is 6.92 Å². The van der Waals surface area contributed by atoms with Crippen LogP contribution in [0.4, 0.5) is 5.82 Å². The van der Waals surface area contributed by atoms with E-state index in [0.29, 0.717) is 0 Å². The molecule has 2 rings (SSSR count). The van der Waals surface area contributed by atoms with Gasteiger partial charge in [0.1, 0.15) is 11.6 Å². The zero-order valence-corrected chi connectivity index (χ0v) is 12.7. The molecule has 0 bridgehead atoms. The number of rotatable bonds is 6. The summed E-state index contributed by atoms with van der Waals surface area (Å²) in [5.74, 6) is 1.97. The maximum Gasteiger partial charge on any atom is 0.129 e. The number of nitrogens with one attached hydrogen (secondary N) is 1. The quantitative estimate of drug-likeness (QED) is 0.878. The molecule has 4 nitrogen and oxygen atoms in total. The molecule has 2 aromatic heterocycles. The molecule has 0 aromatic carbocycles. The van der Waals surface area contributed by atoms with E-state index in [0.717, 1.165) is 36.9 Å². The minimum Gasteiger partial charge on any atom is -0.469 e. The van der Waals surface area contributed by atoms with Gasteiger partial charge in [-0.3, -0.25) is 0 Å². The number of anilines is 1. The van der Waals surface area contributed by atoms with Crippen molar-refractivity contribution in [1.82, 2.24) is 10.3 Å². The third-order valence-electron chi connectivity index (χ3n) is 3.34. The first-order valence-electron chi connectivity index (χ1n) is 7.02. The maximum absolute atomic E-state index is 5.34. The molecule has 0 fully saturated rings. The Morgan fingerprint density at radius 3 is 2.75 bits per heavy atom. The van der Waals surface area contributed by atoms with Crippen LogP contribution >= 0.6 is 0 Å². The number of aromatic nitrogens is 1. The molecular weight excluding hydrogens is 250 g/mol. The number of furan rings is 1. The molecule has 0 atom stereocenters. The SMILES string of the molecule is CCNCc1cc(C)nc(N(C)Cc2ccoc2C)c1. The minimum atomic E-state index is 0.805. The molecule has 0 aliphatic rings. The molecule has 108 valence electrons. The highest BCUT2D eigenvalue weighted by Crippen LogP contribution is 2.18. The molecule has 0 spiro atoms. The Bertz CT molecular complexity index is 563. The van der Waals surface area contributed by atoms with E-state index in [4.69, 9.17) is 4.42 Å². The summed E-state index contributed by atoms with van der Waals surface area (Å²) < 4.78 is 5.34. The van der Waals surface area contributed by atoms with Gasteiger partial charge in [0.2, 0.25) is 0 Å². The van der Waals surface area contributed by atoms with Crippen LogP contribution in [0.25, 0.3) is 0 Å². The van der Waals surface area contributed by atoms with E-state index >= 15 is 0 Å². The lowest BCUT2D eigenvalue weighted by atomic mass is 10.2. The van der Waals surface area contributed by atoms with Crippen LogP contribution < -0.4 is 10.2 Å².